The summed E-state index contributed by atoms with van der Waals surface area (Å²) in [7, 11) is 0. The van der Waals surface area contributed by atoms with Crippen molar-refractivity contribution in [2.75, 3.05) is 63.8 Å². The van der Waals surface area contributed by atoms with Crippen LogP contribution in [0.5, 0.6) is 0 Å². The fourth-order valence-corrected chi connectivity index (χ4v) is 6.11. The van der Waals surface area contributed by atoms with E-state index in [2.05, 4.69) is 40.1 Å². The molecule has 2 aromatic rings. The maximum atomic E-state index is 13.2. The minimum atomic E-state index is -0.101. The molecular weight excluding hydrogens is 502 g/mol. The van der Waals surface area contributed by atoms with Crippen LogP contribution in [0.2, 0.25) is 0 Å². The van der Waals surface area contributed by atoms with E-state index in [1.54, 1.807) is 6.92 Å². The standard InChI is InChI=1S/C32H41N5O3/c1-25(38)35-15-11-28(12-16-35)32(39)37-19-17-34(18-20-37)23-31(40-24-27-9-7-26(22-33)8-10-27)29-5-4-6-30(21-29)36-13-2-3-14-36/h4-10,21,28,31H,2-3,11-20,23-24H2,1H3. The summed E-state index contributed by atoms with van der Waals surface area (Å²) in [5.74, 6) is 0.371. The zero-order chi connectivity index (χ0) is 27.9. The van der Waals surface area contributed by atoms with Crippen LogP contribution in [0.4, 0.5) is 5.69 Å². The molecule has 3 fully saturated rings. The average Bonchev–Trinajstić information content (AvgIpc) is 3.55. The van der Waals surface area contributed by atoms with Gasteiger partial charge in [-0.1, -0.05) is 24.3 Å². The molecule has 0 spiro atoms. The van der Waals surface area contributed by atoms with Gasteiger partial charge in [0.25, 0.3) is 0 Å². The topological polar surface area (TPSA) is 80.1 Å². The molecule has 3 heterocycles. The third-order valence-corrected chi connectivity index (χ3v) is 8.64. The average molecular weight is 544 g/mol. The number of amides is 2. The first-order valence-electron chi connectivity index (χ1n) is 14.7. The molecule has 2 amide bonds. The molecule has 0 radical (unpaired) electrons. The molecule has 0 aliphatic carbocycles. The number of nitrogens with zero attached hydrogens (tertiary/aromatic N) is 5. The normalized spacial score (nSPS) is 19.4. The Bertz CT molecular complexity index is 1190. The number of ether oxygens (including phenoxy) is 1. The predicted molar refractivity (Wildman–Crippen MR) is 155 cm³/mol. The second-order valence-electron chi connectivity index (χ2n) is 11.3. The Hall–Kier alpha value is -3.41. The SMILES string of the molecule is CC(=O)N1CCC(C(=O)N2CCN(CC(OCc3ccc(C#N)cc3)c3cccc(N4CCCC4)c3)CC2)CC1. The van der Waals surface area contributed by atoms with Gasteiger partial charge in [-0.05, 0) is 61.1 Å². The quantitative estimate of drug-likeness (QED) is 0.504. The molecule has 3 saturated heterocycles. The van der Waals surface area contributed by atoms with Crippen molar-refractivity contribution in [1.82, 2.24) is 14.7 Å². The minimum Gasteiger partial charge on any atom is -0.372 e. The first-order chi connectivity index (χ1) is 19.5. The molecule has 0 aromatic heterocycles. The van der Waals surface area contributed by atoms with Crippen molar-refractivity contribution in [3.63, 3.8) is 0 Å². The molecule has 3 aliphatic rings. The lowest BCUT2D eigenvalue weighted by molar-refractivity contribution is -0.141. The van der Waals surface area contributed by atoms with Crippen molar-refractivity contribution in [3.05, 3.63) is 65.2 Å². The summed E-state index contributed by atoms with van der Waals surface area (Å²) in [5.41, 5.74) is 4.13. The van der Waals surface area contributed by atoms with E-state index in [0.29, 0.717) is 25.3 Å². The van der Waals surface area contributed by atoms with Crippen LogP contribution in [0, 0.1) is 17.2 Å². The van der Waals surface area contributed by atoms with Crippen molar-refractivity contribution in [1.29, 1.82) is 5.26 Å². The molecule has 2 aromatic carbocycles. The fourth-order valence-electron chi connectivity index (χ4n) is 6.11. The number of carbonyl (C=O) groups is 2. The fraction of sp³-hybridized carbons (Fsp3) is 0.531. The highest BCUT2D eigenvalue weighted by molar-refractivity contribution is 5.80. The molecule has 1 atom stereocenters. The molecule has 8 heteroatoms. The molecule has 0 bridgehead atoms. The van der Waals surface area contributed by atoms with Crippen LogP contribution in [0.1, 0.15) is 55.4 Å². The van der Waals surface area contributed by atoms with E-state index in [9.17, 15) is 9.59 Å². The molecule has 0 N–H and O–H groups in total. The highest BCUT2D eigenvalue weighted by Gasteiger charge is 2.31. The monoisotopic (exact) mass is 543 g/mol. The van der Waals surface area contributed by atoms with E-state index in [-0.39, 0.29) is 23.8 Å². The van der Waals surface area contributed by atoms with Crippen molar-refractivity contribution < 1.29 is 14.3 Å². The number of rotatable bonds is 8. The molecule has 5 rings (SSSR count). The van der Waals surface area contributed by atoms with Crippen LogP contribution in [0.25, 0.3) is 0 Å². The van der Waals surface area contributed by atoms with Gasteiger partial charge in [0.15, 0.2) is 0 Å². The van der Waals surface area contributed by atoms with Crippen LogP contribution in [-0.4, -0.2) is 85.4 Å². The Labute approximate surface area is 238 Å². The van der Waals surface area contributed by atoms with Gasteiger partial charge >= 0.3 is 0 Å². The Morgan fingerprint density at radius 3 is 2.27 bits per heavy atom. The second kappa shape index (κ2) is 13.3. The first-order valence-corrected chi connectivity index (χ1v) is 14.7. The Balaban J connectivity index is 1.21. The molecule has 0 saturated carbocycles. The van der Waals surface area contributed by atoms with Crippen LogP contribution >= 0.6 is 0 Å². The van der Waals surface area contributed by atoms with Crippen LogP contribution in [0.15, 0.2) is 48.5 Å². The lowest BCUT2D eigenvalue weighted by Gasteiger charge is -2.39. The van der Waals surface area contributed by atoms with E-state index in [4.69, 9.17) is 10.00 Å². The van der Waals surface area contributed by atoms with Gasteiger partial charge in [-0.25, -0.2) is 0 Å². The number of carbonyl (C=O) groups excluding carboxylic acids is 2. The highest BCUT2D eigenvalue weighted by atomic mass is 16.5. The zero-order valence-corrected chi connectivity index (χ0v) is 23.6. The molecule has 212 valence electrons. The molecule has 40 heavy (non-hydrogen) atoms. The van der Waals surface area contributed by atoms with Gasteiger partial charge < -0.3 is 19.4 Å². The van der Waals surface area contributed by atoms with Crippen LogP contribution in [-0.2, 0) is 20.9 Å². The van der Waals surface area contributed by atoms with E-state index in [1.165, 1.54) is 24.1 Å². The Kier molecular flexibility index (Phi) is 9.35. The number of nitriles is 1. The van der Waals surface area contributed by atoms with E-state index < -0.39 is 0 Å². The zero-order valence-electron chi connectivity index (χ0n) is 23.6. The van der Waals surface area contributed by atoms with Crippen LogP contribution in [0.3, 0.4) is 0 Å². The van der Waals surface area contributed by atoms with Crippen molar-refractivity contribution in [3.8, 4) is 6.07 Å². The van der Waals surface area contributed by atoms with E-state index >= 15 is 0 Å². The summed E-state index contributed by atoms with van der Waals surface area (Å²) < 4.78 is 6.55. The van der Waals surface area contributed by atoms with Gasteiger partial charge in [0.1, 0.15) is 0 Å². The predicted octanol–water partition coefficient (Wildman–Crippen LogP) is 3.82. The molecule has 1 unspecified atom stereocenters. The van der Waals surface area contributed by atoms with Gasteiger partial charge in [-0.3, -0.25) is 14.5 Å². The number of hydrogen-bond donors (Lipinski definition) is 0. The third-order valence-electron chi connectivity index (χ3n) is 8.64. The number of hydrogen-bond acceptors (Lipinski definition) is 6. The Morgan fingerprint density at radius 2 is 1.62 bits per heavy atom. The number of likely N-dealkylation sites (tertiary alicyclic amines) is 1. The highest BCUT2D eigenvalue weighted by Crippen LogP contribution is 2.28. The summed E-state index contributed by atoms with van der Waals surface area (Å²) in [6.45, 7) is 9.49. The van der Waals surface area contributed by atoms with E-state index in [1.807, 2.05) is 34.1 Å². The summed E-state index contributed by atoms with van der Waals surface area (Å²) >= 11 is 0. The summed E-state index contributed by atoms with van der Waals surface area (Å²) in [5, 5.41) is 9.12. The largest absolute Gasteiger partial charge is 0.372 e. The number of piperazine rings is 1. The third kappa shape index (κ3) is 7.01. The second-order valence-corrected chi connectivity index (χ2v) is 11.3. The molecule has 8 nitrogen and oxygen atoms in total. The van der Waals surface area contributed by atoms with Crippen molar-refractivity contribution >= 4 is 17.5 Å². The van der Waals surface area contributed by atoms with Crippen molar-refractivity contribution in [2.45, 2.75) is 45.3 Å². The van der Waals surface area contributed by atoms with Crippen molar-refractivity contribution in [2.24, 2.45) is 5.92 Å². The minimum absolute atomic E-state index is 0.0268. The number of piperidine rings is 1. The van der Waals surface area contributed by atoms with E-state index in [0.717, 1.165) is 64.2 Å². The maximum absolute atomic E-state index is 13.2. The first kappa shape index (κ1) is 28.1. The van der Waals surface area contributed by atoms with Gasteiger partial charge in [0, 0.05) is 77.4 Å². The number of anilines is 1. The molecule has 3 aliphatic heterocycles. The summed E-state index contributed by atoms with van der Waals surface area (Å²) in [6.07, 6.45) is 3.90. The lowest BCUT2D eigenvalue weighted by Crippen LogP contribution is -2.52. The van der Waals surface area contributed by atoms with Gasteiger partial charge in [-0.2, -0.15) is 5.26 Å². The smallest absolute Gasteiger partial charge is 0.225 e. The summed E-state index contributed by atoms with van der Waals surface area (Å²) in [6, 6.07) is 18.5. The van der Waals surface area contributed by atoms with Gasteiger partial charge in [0.05, 0.1) is 24.3 Å². The lowest BCUT2D eigenvalue weighted by atomic mass is 9.95. The van der Waals surface area contributed by atoms with Crippen LogP contribution < -0.4 is 4.90 Å². The van der Waals surface area contributed by atoms with Gasteiger partial charge in [-0.15, -0.1) is 0 Å². The number of benzene rings is 2. The van der Waals surface area contributed by atoms with Gasteiger partial charge in [0.2, 0.25) is 11.8 Å². The maximum Gasteiger partial charge on any atom is 0.225 e. The Morgan fingerprint density at radius 1 is 0.925 bits per heavy atom. The molecular formula is C32H41N5O3. The summed E-state index contributed by atoms with van der Waals surface area (Å²) in [4.78, 5) is 33.6.